The van der Waals surface area contributed by atoms with Crippen molar-refractivity contribution < 1.29 is 14.7 Å². The van der Waals surface area contributed by atoms with Crippen molar-refractivity contribution in [1.29, 1.82) is 0 Å². The van der Waals surface area contributed by atoms with Gasteiger partial charge in [0.2, 0.25) is 5.91 Å². The van der Waals surface area contributed by atoms with E-state index in [0.29, 0.717) is 6.54 Å². The largest absolute Gasteiger partial charge is 0.481 e. The number of amides is 1. The minimum atomic E-state index is -0.835. The van der Waals surface area contributed by atoms with Crippen LogP contribution in [0.25, 0.3) is 0 Å². The Morgan fingerprint density at radius 3 is 2.57 bits per heavy atom. The Bertz CT molecular complexity index is 651. The summed E-state index contributed by atoms with van der Waals surface area (Å²) in [5.74, 6) is -1.68. The predicted molar refractivity (Wildman–Crippen MR) is 77.9 cm³/mol. The average Bonchev–Trinajstić information content (AvgIpc) is 3.19. The number of benzene rings is 1. The van der Waals surface area contributed by atoms with Gasteiger partial charge in [-0.2, -0.15) is 0 Å². The summed E-state index contributed by atoms with van der Waals surface area (Å²) in [6.07, 6.45) is 5.68. The number of carboxylic acid groups (broad SMARTS) is 1. The molecule has 108 valence electrons. The second-order valence-corrected chi connectivity index (χ2v) is 6.21. The highest BCUT2D eigenvalue weighted by Crippen LogP contribution is 2.49. The third kappa shape index (κ3) is 1.75. The summed E-state index contributed by atoms with van der Waals surface area (Å²) >= 11 is 0. The van der Waals surface area contributed by atoms with E-state index in [1.165, 1.54) is 5.56 Å². The van der Waals surface area contributed by atoms with Gasteiger partial charge in [-0.3, -0.25) is 9.59 Å². The fraction of sp³-hybridized carbons (Fsp3) is 0.412. The van der Waals surface area contributed by atoms with Gasteiger partial charge in [0.15, 0.2) is 0 Å². The zero-order valence-corrected chi connectivity index (χ0v) is 11.6. The SMILES string of the molecule is O=C(O)[C@H]1[C@@H](C(=O)N2CCc3ccccc32)[C@H]2C=C[C@@H]1C2. The molecule has 4 rings (SSSR count). The lowest BCUT2D eigenvalue weighted by Gasteiger charge is -2.28. The molecule has 0 radical (unpaired) electrons. The molecule has 4 heteroatoms. The maximum absolute atomic E-state index is 12.9. The van der Waals surface area contributed by atoms with Crippen molar-refractivity contribution in [2.24, 2.45) is 23.7 Å². The van der Waals surface area contributed by atoms with Gasteiger partial charge in [0, 0.05) is 12.2 Å². The molecule has 21 heavy (non-hydrogen) atoms. The molecule has 2 bridgehead atoms. The second-order valence-electron chi connectivity index (χ2n) is 6.21. The Hall–Kier alpha value is -2.10. The predicted octanol–water partition coefficient (Wildman–Crippen LogP) is 2.10. The zero-order valence-electron chi connectivity index (χ0n) is 11.6. The summed E-state index contributed by atoms with van der Waals surface area (Å²) < 4.78 is 0. The number of hydrogen-bond donors (Lipinski definition) is 1. The molecular weight excluding hydrogens is 266 g/mol. The van der Waals surface area contributed by atoms with Crippen LogP contribution in [0.5, 0.6) is 0 Å². The fourth-order valence-corrected chi connectivity index (χ4v) is 4.24. The third-order valence-corrected chi connectivity index (χ3v) is 5.18. The lowest BCUT2D eigenvalue weighted by molar-refractivity contribution is -0.147. The van der Waals surface area contributed by atoms with Gasteiger partial charge in [0.05, 0.1) is 11.8 Å². The maximum Gasteiger partial charge on any atom is 0.307 e. The molecule has 0 spiro atoms. The molecule has 1 N–H and O–H groups in total. The van der Waals surface area contributed by atoms with Crippen molar-refractivity contribution in [3.8, 4) is 0 Å². The molecule has 4 nitrogen and oxygen atoms in total. The van der Waals surface area contributed by atoms with E-state index in [0.717, 1.165) is 18.5 Å². The molecule has 0 unspecified atom stereocenters. The first-order chi connectivity index (χ1) is 10.2. The minimum Gasteiger partial charge on any atom is -0.481 e. The number of hydrogen-bond acceptors (Lipinski definition) is 2. The standard InChI is InChI=1S/C17H17NO3/c19-16(18-8-7-10-3-1-2-4-13(10)18)14-11-5-6-12(9-11)15(14)17(20)21/h1-6,11-12,14-15H,7-9H2,(H,20,21)/t11-,12+,14-,15+/m0/s1. The summed E-state index contributed by atoms with van der Waals surface area (Å²) in [4.78, 5) is 26.3. The van der Waals surface area contributed by atoms with Crippen LogP contribution in [0.4, 0.5) is 5.69 Å². The number of para-hydroxylation sites is 1. The first-order valence-electron chi connectivity index (χ1n) is 7.47. The van der Waals surface area contributed by atoms with E-state index in [1.54, 1.807) is 4.90 Å². The van der Waals surface area contributed by atoms with Crippen LogP contribution in [0.1, 0.15) is 12.0 Å². The number of nitrogens with zero attached hydrogens (tertiary/aromatic N) is 1. The summed E-state index contributed by atoms with van der Waals surface area (Å²) in [7, 11) is 0. The summed E-state index contributed by atoms with van der Waals surface area (Å²) in [5, 5.41) is 9.49. The average molecular weight is 283 g/mol. The molecule has 1 aromatic carbocycles. The van der Waals surface area contributed by atoms with Crippen molar-refractivity contribution >= 4 is 17.6 Å². The van der Waals surface area contributed by atoms with Crippen LogP contribution < -0.4 is 4.90 Å². The monoisotopic (exact) mass is 283 g/mol. The van der Waals surface area contributed by atoms with Crippen LogP contribution in [0.15, 0.2) is 36.4 Å². The van der Waals surface area contributed by atoms with Gasteiger partial charge in [0.1, 0.15) is 0 Å². The molecule has 1 aromatic rings. The summed E-state index contributed by atoms with van der Waals surface area (Å²) in [6, 6.07) is 7.91. The smallest absolute Gasteiger partial charge is 0.307 e. The van der Waals surface area contributed by atoms with E-state index in [4.69, 9.17) is 0 Å². The number of allylic oxidation sites excluding steroid dienone is 2. The molecule has 2 aliphatic carbocycles. The van der Waals surface area contributed by atoms with Crippen molar-refractivity contribution in [2.45, 2.75) is 12.8 Å². The molecule has 1 aliphatic heterocycles. The first kappa shape index (κ1) is 12.6. The van der Waals surface area contributed by atoms with Crippen molar-refractivity contribution in [3.05, 3.63) is 42.0 Å². The van der Waals surface area contributed by atoms with Crippen molar-refractivity contribution in [3.63, 3.8) is 0 Å². The number of fused-ring (bicyclic) bond motifs is 3. The van der Waals surface area contributed by atoms with E-state index < -0.39 is 17.8 Å². The van der Waals surface area contributed by atoms with Gasteiger partial charge in [-0.25, -0.2) is 0 Å². The molecule has 1 fully saturated rings. The molecule has 1 heterocycles. The van der Waals surface area contributed by atoms with Gasteiger partial charge >= 0.3 is 5.97 Å². The normalized spacial score (nSPS) is 32.5. The van der Waals surface area contributed by atoms with Crippen molar-refractivity contribution in [1.82, 2.24) is 0 Å². The Labute approximate surface area is 123 Å². The number of rotatable bonds is 2. The van der Waals surface area contributed by atoms with Crippen LogP contribution in [0.2, 0.25) is 0 Å². The number of aliphatic carboxylic acids is 1. The summed E-state index contributed by atoms with van der Waals surface area (Å²) in [6.45, 7) is 0.669. The fourth-order valence-electron chi connectivity index (χ4n) is 4.24. The Morgan fingerprint density at radius 1 is 1.10 bits per heavy atom. The van der Waals surface area contributed by atoms with Gasteiger partial charge in [-0.05, 0) is 36.3 Å². The Balaban J connectivity index is 1.67. The summed E-state index contributed by atoms with van der Waals surface area (Å²) in [5.41, 5.74) is 2.13. The van der Waals surface area contributed by atoms with E-state index in [-0.39, 0.29) is 17.7 Å². The molecule has 3 aliphatic rings. The number of carbonyl (C=O) groups is 2. The van der Waals surface area contributed by atoms with Gasteiger partial charge in [-0.15, -0.1) is 0 Å². The van der Waals surface area contributed by atoms with E-state index in [2.05, 4.69) is 0 Å². The highest BCUT2D eigenvalue weighted by atomic mass is 16.4. The number of carboxylic acids is 1. The van der Waals surface area contributed by atoms with E-state index in [1.807, 2.05) is 36.4 Å². The molecule has 1 saturated carbocycles. The highest BCUT2D eigenvalue weighted by molar-refractivity contribution is 5.99. The quantitative estimate of drug-likeness (QED) is 0.846. The maximum atomic E-state index is 12.9. The number of carbonyl (C=O) groups excluding carboxylic acids is 1. The molecule has 0 aromatic heterocycles. The topological polar surface area (TPSA) is 57.6 Å². The van der Waals surface area contributed by atoms with Gasteiger partial charge in [-0.1, -0.05) is 30.4 Å². The lowest BCUT2D eigenvalue weighted by Crippen LogP contribution is -2.42. The first-order valence-corrected chi connectivity index (χ1v) is 7.47. The third-order valence-electron chi connectivity index (χ3n) is 5.18. The molecule has 4 atom stereocenters. The zero-order chi connectivity index (χ0) is 14.6. The van der Waals surface area contributed by atoms with Gasteiger partial charge in [0.25, 0.3) is 0 Å². The van der Waals surface area contributed by atoms with Crippen LogP contribution in [-0.4, -0.2) is 23.5 Å². The second kappa shape index (κ2) is 4.45. The molecule has 1 amide bonds. The minimum absolute atomic E-state index is 0.01000. The lowest BCUT2D eigenvalue weighted by atomic mass is 9.82. The van der Waals surface area contributed by atoms with E-state index in [9.17, 15) is 14.7 Å². The Kier molecular flexibility index (Phi) is 2.67. The molecule has 0 saturated heterocycles. The van der Waals surface area contributed by atoms with Crippen LogP contribution in [0, 0.1) is 23.7 Å². The van der Waals surface area contributed by atoms with E-state index >= 15 is 0 Å². The molecular formula is C17H17NO3. The van der Waals surface area contributed by atoms with Crippen molar-refractivity contribution in [2.75, 3.05) is 11.4 Å². The van der Waals surface area contributed by atoms with Crippen LogP contribution in [0.3, 0.4) is 0 Å². The Morgan fingerprint density at radius 2 is 1.81 bits per heavy atom. The van der Waals surface area contributed by atoms with Crippen LogP contribution in [-0.2, 0) is 16.0 Å². The van der Waals surface area contributed by atoms with Gasteiger partial charge < -0.3 is 10.0 Å². The number of anilines is 1. The highest BCUT2D eigenvalue weighted by Gasteiger charge is 2.53. The van der Waals surface area contributed by atoms with Crippen LogP contribution >= 0.6 is 0 Å².